The van der Waals surface area contributed by atoms with Crippen LogP contribution in [0.15, 0.2) is 77.9 Å². The Hall–Kier alpha value is -3.27. The van der Waals surface area contributed by atoms with Gasteiger partial charge in [0.05, 0.1) is 18.9 Å². The van der Waals surface area contributed by atoms with Gasteiger partial charge >= 0.3 is 0 Å². The van der Waals surface area contributed by atoms with Crippen LogP contribution in [0, 0.1) is 0 Å². The lowest BCUT2D eigenvalue weighted by molar-refractivity contribution is -0.0209. The number of hydrogen-bond donors (Lipinski definition) is 0. The topological polar surface area (TPSA) is 34.1 Å². The van der Waals surface area contributed by atoms with E-state index in [4.69, 9.17) is 14.6 Å². The normalized spacial score (nSPS) is 19.9. The average molecular weight is 413 g/mol. The highest BCUT2D eigenvalue weighted by atomic mass is 16.5. The quantitative estimate of drug-likeness (QED) is 0.511. The zero-order valence-corrected chi connectivity index (χ0v) is 18.5. The van der Waals surface area contributed by atoms with Gasteiger partial charge in [-0.05, 0) is 22.6 Å². The van der Waals surface area contributed by atoms with E-state index in [-0.39, 0.29) is 17.7 Å². The molecular formula is C27H28N2O2. The van der Waals surface area contributed by atoms with Gasteiger partial charge in [-0.2, -0.15) is 5.10 Å². The maximum absolute atomic E-state index is 6.56. The Kier molecular flexibility index (Phi) is 4.73. The summed E-state index contributed by atoms with van der Waals surface area (Å²) < 4.78 is 12.2. The van der Waals surface area contributed by atoms with Crippen molar-refractivity contribution in [3.05, 3.63) is 95.1 Å². The third kappa shape index (κ3) is 3.46. The molecule has 3 aromatic carbocycles. The lowest BCUT2D eigenvalue weighted by Crippen LogP contribution is -2.34. The van der Waals surface area contributed by atoms with E-state index in [0.29, 0.717) is 0 Å². The van der Waals surface area contributed by atoms with Crippen LogP contribution in [-0.4, -0.2) is 17.8 Å². The van der Waals surface area contributed by atoms with Crippen LogP contribution in [0.25, 0.3) is 0 Å². The van der Waals surface area contributed by atoms with Crippen molar-refractivity contribution in [1.82, 2.24) is 5.01 Å². The maximum Gasteiger partial charge on any atom is 0.214 e. The number of nitrogens with zero attached hydrogens (tertiary/aromatic N) is 2. The summed E-state index contributed by atoms with van der Waals surface area (Å²) in [4.78, 5) is 0. The average Bonchev–Trinajstić information content (AvgIpc) is 3.24. The number of hydrazone groups is 1. The highest BCUT2D eigenvalue weighted by Gasteiger charge is 2.42. The molecule has 0 aromatic heterocycles. The third-order valence-corrected chi connectivity index (χ3v) is 6.17. The van der Waals surface area contributed by atoms with Crippen molar-refractivity contribution >= 4 is 5.71 Å². The second kappa shape index (κ2) is 7.45. The smallest absolute Gasteiger partial charge is 0.214 e. The Balaban J connectivity index is 1.59. The molecule has 2 heterocycles. The Labute approximate surface area is 184 Å². The van der Waals surface area contributed by atoms with Gasteiger partial charge in [-0.25, -0.2) is 5.01 Å². The first-order chi connectivity index (χ1) is 15.0. The molecule has 2 aliphatic heterocycles. The fourth-order valence-electron chi connectivity index (χ4n) is 4.42. The second-order valence-electron chi connectivity index (χ2n) is 9.23. The van der Waals surface area contributed by atoms with E-state index in [1.807, 2.05) is 18.2 Å². The summed E-state index contributed by atoms with van der Waals surface area (Å²) in [6.07, 6.45) is 0.536. The first kappa shape index (κ1) is 19.7. The number of rotatable bonds is 3. The Morgan fingerprint density at radius 2 is 1.68 bits per heavy atom. The van der Waals surface area contributed by atoms with Crippen LogP contribution < -0.4 is 9.47 Å². The van der Waals surface area contributed by atoms with Gasteiger partial charge in [0.25, 0.3) is 0 Å². The van der Waals surface area contributed by atoms with Gasteiger partial charge in [0.1, 0.15) is 0 Å². The van der Waals surface area contributed by atoms with E-state index in [9.17, 15) is 0 Å². The van der Waals surface area contributed by atoms with E-state index in [2.05, 4.69) is 80.4 Å². The van der Waals surface area contributed by atoms with Gasteiger partial charge in [-0.1, -0.05) is 87.5 Å². The standard InChI is InChI=1S/C27H28N2O2/c1-27(2,3)20-15-13-19(14-16-20)26-29-23(17-22(28-29)18-9-6-5-7-10-18)21-11-8-12-24(30-4)25(21)31-26/h5-16,23,26H,17H2,1-4H3/t23-,26+/m0/s1. The van der Waals surface area contributed by atoms with Crippen molar-refractivity contribution in [2.24, 2.45) is 5.10 Å². The van der Waals surface area contributed by atoms with Gasteiger partial charge in [0, 0.05) is 17.5 Å². The van der Waals surface area contributed by atoms with Gasteiger partial charge < -0.3 is 9.47 Å². The van der Waals surface area contributed by atoms with Crippen molar-refractivity contribution in [3.8, 4) is 11.5 Å². The molecule has 3 aromatic rings. The molecule has 0 bridgehead atoms. The molecule has 4 heteroatoms. The van der Waals surface area contributed by atoms with Crippen molar-refractivity contribution in [2.45, 2.75) is 44.9 Å². The molecule has 158 valence electrons. The Morgan fingerprint density at radius 1 is 0.935 bits per heavy atom. The maximum atomic E-state index is 6.56. The molecule has 0 saturated carbocycles. The lowest BCUT2D eigenvalue weighted by Gasteiger charge is -2.38. The minimum atomic E-state index is -0.302. The Bertz CT molecular complexity index is 1110. The molecule has 0 aliphatic carbocycles. The van der Waals surface area contributed by atoms with Gasteiger partial charge in [-0.15, -0.1) is 0 Å². The summed E-state index contributed by atoms with van der Waals surface area (Å²) in [5, 5.41) is 7.17. The van der Waals surface area contributed by atoms with Gasteiger partial charge in [0.2, 0.25) is 6.23 Å². The SMILES string of the molecule is COc1cccc2c1O[C@H](c1ccc(C(C)(C)C)cc1)N1N=C(c3ccccc3)C[C@@H]21. The molecule has 2 atom stereocenters. The predicted octanol–water partition coefficient (Wildman–Crippen LogP) is 6.24. The fraction of sp³-hybridized carbons (Fsp3) is 0.296. The summed E-state index contributed by atoms with van der Waals surface area (Å²) in [5.41, 5.74) is 5.86. The third-order valence-electron chi connectivity index (χ3n) is 6.17. The summed E-state index contributed by atoms with van der Waals surface area (Å²) in [6, 6.07) is 25.4. The molecule has 0 saturated heterocycles. The second-order valence-corrected chi connectivity index (χ2v) is 9.23. The molecule has 0 fully saturated rings. The van der Waals surface area contributed by atoms with Crippen molar-refractivity contribution < 1.29 is 9.47 Å². The number of fused-ring (bicyclic) bond motifs is 3. The summed E-state index contributed by atoms with van der Waals surface area (Å²) in [5.74, 6) is 1.59. The number of benzene rings is 3. The van der Waals surface area contributed by atoms with Gasteiger partial charge in [0.15, 0.2) is 11.5 Å². The summed E-state index contributed by atoms with van der Waals surface area (Å²) in [7, 11) is 1.69. The summed E-state index contributed by atoms with van der Waals surface area (Å²) >= 11 is 0. The van der Waals surface area contributed by atoms with E-state index in [0.717, 1.165) is 40.3 Å². The van der Waals surface area contributed by atoms with Crippen molar-refractivity contribution in [1.29, 1.82) is 0 Å². The highest BCUT2D eigenvalue weighted by Crippen LogP contribution is 2.50. The molecule has 2 aliphatic rings. The Morgan fingerprint density at radius 3 is 2.35 bits per heavy atom. The number of hydrogen-bond acceptors (Lipinski definition) is 4. The van der Waals surface area contributed by atoms with Crippen LogP contribution in [0.2, 0.25) is 0 Å². The molecule has 0 amide bonds. The number of para-hydroxylation sites is 1. The fourth-order valence-corrected chi connectivity index (χ4v) is 4.42. The first-order valence-electron chi connectivity index (χ1n) is 10.8. The molecule has 4 nitrogen and oxygen atoms in total. The molecule has 0 N–H and O–H groups in total. The molecule has 31 heavy (non-hydrogen) atoms. The first-order valence-corrected chi connectivity index (χ1v) is 10.8. The van der Waals surface area contributed by atoms with E-state index in [1.165, 1.54) is 5.56 Å². The largest absolute Gasteiger partial charge is 0.493 e. The van der Waals surface area contributed by atoms with Crippen LogP contribution in [0.4, 0.5) is 0 Å². The van der Waals surface area contributed by atoms with Crippen molar-refractivity contribution in [3.63, 3.8) is 0 Å². The van der Waals surface area contributed by atoms with Crippen molar-refractivity contribution in [2.75, 3.05) is 7.11 Å². The van der Waals surface area contributed by atoms with Crippen LogP contribution in [-0.2, 0) is 5.41 Å². The van der Waals surface area contributed by atoms with Crippen LogP contribution in [0.5, 0.6) is 11.5 Å². The minimum absolute atomic E-state index is 0.108. The monoisotopic (exact) mass is 412 g/mol. The van der Waals surface area contributed by atoms with Crippen LogP contribution in [0.1, 0.15) is 61.7 Å². The zero-order chi connectivity index (χ0) is 21.6. The number of ether oxygens (including phenoxy) is 2. The van der Waals surface area contributed by atoms with Crippen LogP contribution >= 0.6 is 0 Å². The zero-order valence-electron chi connectivity index (χ0n) is 18.5. The minimum Gasteiger partial charge on any atom is -0.493 e. The summed E-state index contributed by atoms with van der Waals surface area (Å²) in [6.45, 7) is 6.69. The molecule has 5 rings (SSSR count). The lowest BCUT2D eigenvalue weighted by atomic mass is 9.86. The van der Waals surface area contributed by atoms with Gasteiger partial charge in [-0.3, -0.25) is 0 Å². The molecular weight excluding hydrogens is 384 g/mol. The van der Waals surface area contributed by atoms with E-state index < -0.39 is 0 Å². The predicted molar refractivity (Wildman–Crippen MR) is 124 cm³/mol. The molecule has 0 spiro atoms. The van der Waals surface area contributed by atoms with E-state index in [1.54, 1.807) is 7.11 Å². The molecule has 0 unspecified atom stereocenters. The number of methoxy groups -OCH3 is 1. The van der Waals surface area contributed by atoms with Crippen LogP contribution in [0.3, 0.4) is 0 Å². The highest BCUT2D eigenvalue weighted by molar-refractivity contribution is 6.01. The molecule has 0 radical (unpaired) electrons. The van der Waals surface area contributed by atoms with E-state index >= 15 is 0 Å².